The molecule has 6 heteroatoms. The zero-order chi connectivity index (χ0) is 17.2. The van der Waals surface area contributed by atoms with Crippen molar-refractivity contribution in [2.45, 2.75) is 39.1 Å². The third kappa shape index (κ3) is 3.76. The largest absolute Gasteiger partial charge is 0.497 e. The molecule has 0 atom stereocenters. The fourth-order valence-corrected chi connectivity index (χ4v) is 4.34. The molecule has 0 unspecified atom stereocenters. The first-order valence-electron chi connectivity index (χ1n) is 7.54. The summed E-state index contributed by atoms with van der Waals surface area (Å²) >= 11 is 0. The molecule has 0 radical (unpaired) electrons. The summed E-state index contributed by atoms with van der Waals surface area (Å²) in [5.74, 6) is 0.664. The van der Waals surface area contributed by atoms with Crippen LogP contribution in [0, 0.1) is 27.7 Å². The topological polar surface area (TPSA) is 60.3 Å². The Hall–Kier alpha value is -1.79. The highest BCUT2D eigenvalue weighted by Crippen LogP contribution is 2.25. The van der Waals surface area contributed by atoms with Gasteiger partial charge < -0.3 is 9.30 Å². The van der Waals surface area contributed by atoms with E-state index in [4.69, 9.17) is 4.74 Å². The van der Waals surface area contributed by atoms with E-state index in [0.29, 0.717) is 34.9 Å². The summed E-state index contributed by atoms with van der Waals surface area (Å²) in [7, 11) is -1.97. The molecule has 1 aromatic heterocycles. The van der Waals surface area contributed by atoms with Crippen LogP contribution in [0.3, 0.4) is 0 Å². The van der Waals surface area contributed by atoms with Gasteiger partial charge in [-0.25, -0.2) is 13.1 Å². The number of methoxy groups -OCH3 is 1. The van der Waals surface area contributed by atoms with Crippen LogP contribution in [0.1, 0.15) is 22.5 Å². The number of aromatic nitrogens is 1. The van der Waals surface area contributed by atoms with Crippen LogP contribution in [0.4, 0.5) is 0 Å². The molecule has 0 bridgehead atoms. The van der Waals surface area contributed by atoms with Gasteiger partial charge in [0.25, 0.3) is 0 Å². The predicted octanol–water partition coefficient (Wildman–Crippen LogP) is 2.71. The highest BCUT2D eigenvalue weighted by Gasteiger charge is 2.20. The summed E-state index contributed by atoms with van der Waals surface area (Å²) < 4.78 is 35.2. The molecular weight excluding hydrogens is 312 g/mol. The van der Waals surface area contributed by atoms with E-state index < -0.39 is 10.0 Å². The van der Waals surface area contributed by atoms with Crippen molar-refractivity contribution in [3.8, 4) is 5.75 Å². The second-order valence-corrected chi connectivity index (χ2v) is 7.46. The quantitative estimate of drug-likeness (QED) is 0.882. The molecule has 1 heterocycles. The van der Waals surface area contributed by atoms with Crippen molar-refractivity contribution in [3.63, 3.8) is 0 Å². The van der Waals surface area contributed by atoms with Crippen molar-refractivity contribution in [1.82, 2.24) is 9.29 Å². The third-order valence-corrected chi connectivity index (χ3v) is 5.75. The Morgan fingerprint density at radius 2 is 1.57 bits per heavy atom. The van der Waals surface area contributed by atoms with Gasteiger partial charge in [-0.1, -0.05) is 0 Å². The molecule has 0 aliphatic rings. The maximum Gasteiger partial charge on any atom is 0.241 e. The van der Waals surface area contributed by atoms with Gasteiger partial charge in [0.2, 0.25) is 10.0 Å². The first kappa shape index (κ1) is 17.6. The lowest BCUT2D eigenvalue weighted by atomic mass is 10.1. The number of aryl methyl sites for hydroxylation is 4. The summed E-state index contributed by atoms with van der Waals surface area (Å²) in [5.41, 5.74) is 3.61. The number of sulfonamides is 1. The summed E-state index contributed by atoms with van der Waals surface area (Å²) in [6.45, 7) is 8.55. The third-order valence-electron chi connectivity index (χ3n) is 3.98. The monoisotopic (exact) mass is 336 g/mol. The molecule has 0 amide bonds. The number of nitrogens with one attached hydrogen (secondary N) is 1. The second kappa shape index (κ2) is 6.76. The van der Waals surface area contributed by atoms with Crippen molar-refractivity contribution in [2.24, 2.45) is 0 Å². The van der Waals surface area contributed by atoms with Gasteiger partial charge >= 0.3 is 0 Å². The minimum Gasteiger partial charge on any atom is -0.497 e. The maximum atomic E-state index is 12.6. The van der Waals surface area contributed by atoms with E-state index in [0.717, 1.165) is 11.4 Å². The van der Waals surface area contributed by atoms with Crippen LogP contribution < -0.4 is 9.46 Å². The normalized spacial score (nSPS) is 11.7. The van der Waals surface area contributed by atoms with Gasteiger partial charge in [-0.3, -0.25) is 0 Å². The maximum absolute atomic E-state index is 12.6. The number of nitrogens with zero attached hydrogens (tertiary/aromatic N) is 1. The van der Waals surface area contributed by atoms with Crippen LogP contribution in [0.5, 0.6) is 5.75 Å². The molecule has 1 aromatic carbocycles. The zero-order valence-corrected chi connectivity index (χ0v) is 15.1. The molecule has 0 spiro atoms. The van der Waals surface area contributed by atoms with E-state index in [-0.39, 0.29) is 0 Å². The van der Waals surface area contributed by atoms with Gasteiger partial charge in [-0.15, -0.1) is 0 Å². The van der Waals surface area contributed by atoms with Crippen LogP contribution in [0.25, 0.3) is 0 Å². The SMILES string of the molecule is COc1cc(C)c(S(=O)(=O)NCCn2c(C)ccc2C)c(C)c1. The van der Waals surface area contributed by atoms with Crippen LogP contribution in [-0.2, 0) is 16.6 Å². The van der Waals surface area contributed by atoms with E-state index in [2.05, 4.69) is 9.29 Å². The van der Waals surface area contributed by atoms with E-state index in [1.165, 1.54) is 0 Å². The van der Waals surface area contributed by atoms with Gasteiger partial charge in [0, 0.05) is 24.5 Å². The Kier molecular flexibility index (Phi) is 5.16. The van der Waals surface area contributed by atoms with E-state index >= 15 is 0 Å². The number of hydrogen-bond acceptors (Lipinski definition) is 3. The average molecular weight is 336 g/mol. The van der Waals surface area contributed by atoms with Crippen LogP contribution in [-0.4, -0.2) is 26.6 Å². The standard InChI is InChI=1S/C17H24N2O3S/c1-12-10-16(22-5)11-13(2)17(12)23(20,21)18-8-9-19-14(3)6-7-15(19)4/h6-7,10-11,18H,8-9H2,1-5H3. The smallest absolute Gasteiger partial charge is 0.241 e. The fourth-order valence-electron chi connectivity index (χ4n) is 2.87. The Balaban J connectivity index is 2.17. The van der Waals surface area contributed by atoms with Gasteiger partial charge in [0.1, 0.15) is 5.75 Å². The minimum absolute atomic E-state index is 0.333. The molecule has 2 aromatic rings. The molecule has 126 valence electrons. The van der Waals surface area contributed by atoms with E-state index in [1.807, 2.05) is 26.0 Å². The highest BCUT2D eigenvalue weighted by molar-refractivity contribution is 7.89. The summed E-state index contributed by atoms with van der Waals surface area (Å²) in [6, 6.07) is 7.53. The van der Waals surface area contributed by atoms with Crippen molar-refractivity contribution in [2.75, 3.05) is 13.7 Å². The molecule has 0 aliphatic heterocycles. The molecule has 1 N–H and O–H groups in total. The Morgan fingerprint density at radius 1 is 1.04 bits per heavy atom. The van der Waals surface area contributed by atoms with E-state index in [9.17, 15) is 8.42 Å². The fraction of sp³-hybridized carbons (Fsp3) is 0.412. The molecule has 5 nitrogen and oxygen atoms in total. The summed E-state index contributed by atoms with van der Waals surface area (Å²) in [6.07, 6.45) is 0. The first-order valence-corrected chi connectivity index (χ1v) is 9.02. The molecule has 0 saturated heterocycles. The van der Waals surface area contributed by atoms with Crippen molar-refractivity contribution in [3.05, 3.63) is 46.8 Å². The van der Waals surface area contributed by atoms with Gasteiger partial charge in [0.05, 0.1) is 12.0 Å². The van der Waals surface area contributed by atoms with Crippen molar-refractivity contribution >= 4 is 10.0 Å². The summed E-state index contributed by atoms with van der Waals surface area (Å²) in [4.78, 5) is 0.333. The summed E-state index contributed by atoms with van der Waals surface area (Å²) in [5, 5.41) is 0. The van der Waals surface area contributed by atoms with E-state index in [1.54, 1.807) is 33.1 Å². The van der Waals surface area contributed by atoms with Crippen molar-refractivity contribution < 1.29 is 13.2 Å². The molecule has 0 aliphatic carbocycles. The number of hydrogen-bond donors (Lipinski definition) is 1. The lowest BCUT2D eigenvalue weighted by Crippen LogP contribution is -2.29. The average Bonchev–Trinajstić information content (AvgIpc) is 2.77. The first-order chi connectivity index (χ1) is 10.8. The number of ether oxygens (including phenoxy) is 1. The second-order valence-electron chi connectivity index (χ2n) is 5.76. The van der Waals surface area contributed by atoms with Crippen LogP contribution in [0.2, 0.25) is 0 Å². The Morgan fingerprint density at radius 3 is 2.04 bits per heavy atom. The minimum atomic E-state index is -3.54. The zero-order valence-electron chi connectivity index (χ0n) is 14.3. The lowest BCUT2D eigenvalue weighted by molar-refractivity contribution is 0.413. The number of benzene rings is 1. The molecule has 0 fully saturated rings. The Bertz CT molecular complexity index is 765. The Labute approximate surface area is 138 Å². The lowest BCUT2D eigenvalue weighted by Gasteiger charge is -2.15. The highest BCUT2D eigenvalue weighted by atomic mass is 32.2. The van der Waals surface area contributed by atoms with Crippen LogP contribution >= 0.6 is 0 Å². The van der Waals surface area contributed by atoms with Gasteiger partial charge in [-0.2, -0.15) is 0 Å². The molecule has 0 saturated carbocycles. The molecular formula is C17H24N2O3S. The van der Waals surface area contributed by atoms with Gasteiger partial charge in [-0.05, 0) is 63.1 Å². The van der Waals surface area contributed by atoms with Crippen molar-refractivity contribution in [1.29, 1.82) is 0 Å². The van der Waals surface area contributed by atoms with Crippen LogP contribution in [0.15, 0.2) is 29.2 Å². The molecule has 2 rings (SSSR count). The molecule has 23 heavy (non-hydrogen) atoms. The van der Waals surface area contributed by atoms with Gasteiger partial charge in [0.15, 0.2) is 0 Å². The number of rotatable bonds is 6. The predicted molar refractivity (Wildman–Crippen MR) is 91.6 cm³/mol.